The summed E-state index contributed by atoms with van der Waals surface area (Å²) in [4.78, 5) is 11.9. The van der Waals surface area contributed by atoms with Crippen molar-refractivity contribution in [1.29, 1.82) is 0 Å². The van der Waals surface area contributed by atoms with Gasteiger partial charge in [-0.25, -0.2) is 0 Å². The molecule has 0 fully saturated rings. The predicted molar refractivity (Wildman–Crippen MR) is 107 cm³/mol. The second-order valence-corrected chi connectivity index (χ2v) is 5.97. The summed E-state index contributed by atoms with van der Waals surface area (Å²) in [7, 11) is 0. The molecule has 4 nitrogen and oxygen atoms in total. The van der Waals surface area contributed by atoms with Gasteiger partial charge in [0.1, 0.15) is 5.75 Å². The SMILES string of the molecule is CCCOc1ccc(NC(=S)NC(=O)C=Cc2ccc(C)cc2)cc1. The number of ether oxygens (including phenoxy) is 1. The predicted octanol–water partition coefficient (Wildman–Crippen LogP) is 4.31. The average Bonchev–Trinajstić information content (AvgIpc) is 2.60. The summed E-state index contributed by atoms with van der Waals surface area (Å²) >= 11 is 5.15. The number of carbonyl (C=O) groups excluding carboxylic acids is 1. The molecule has 2 N–H and O–H groups in total. The number of thiocarbonyl (C=S) groups is 1. The van der Waals surface area contributed by atoms with Crippen LogP contribution in [0.4, 0.5) is 5.69 Å². The van der Waals surface area contributed by atoms with E-state index in [1.165, 1.54) is 11.6 Å². The van der Waals surface area contributed by atoms with Crippen LogP contribution in [0.1, 0.15) is 24.5 Å². The standard InChI is InChI=1S/C20H22N2O2S/c1-3-14-24-18-11-9-17(10-12-18)21-20(25)22-19(23)13-8-16-6-4-15(2)5-7-16/h4-13H,3,14H2,1-2H3,(H2,21,22,23,25). The largest absolute Gasteiger partial charge is 0.494 e. The third-order valence-electron chi connectivity index (χ3n) is 3.33. The molecule has 0 heterocycles. The van der Waals surface area contributed by atoms with E-state index in [0.717, 1.165) is 23.4 Å². The quantitative estimate of drug-likeness (QED) is 0.599. The maximum absolute atomic E-state index is 11.9. The van der Waals surface area contributed by atoms with Crippen molar-refractivity contribution in [3.05, 3.63) is 65.7 Å². The molecule has 0 unspecified atom stereocenters. The van der Waals surface area contributed by atoms with E-state index < -0.39 is 0 Å². The molecule has 130 valence electrons. The van der Waals surface area contributed by atoms with E-state index in [9.17, 15) is 4.79 Å². The minimum absolute atomic E-state index is 0.251. The van der Waals surface area contributed by atoms with Crippen LogP contribution in [0.15, 0.2) is 54.6 Å². The monoisotopic (exact) mass is 354 g/mol. The van der Waals surface area contributed by atoms with E-state index in [1.54, 1.807) is 6.08 Å². The first-order valence-electron chi connectivity index (χ1n) is 8.16. The number of amides is 1. The van der Waals surface area contributed by atoms with Gasteiger partial charge in [0.2, 0.25) is 5.91 Å². The molecule has 1 amide bonds. The Balaban J connectivity index is 1.82. The maximum Gasteiger partial charge on any atom is 0.250 e. The van der Waals surface area contributed by atoms with E-state index >= 15 is 0 Å². The Morgan fingerprint density at radius 2 is 1.80 bits per heavy atom. The summed E-state index contributed by atoms with van der Waals surface area (Å²) in [6.45, 7) is 4.77. The molecule has 0 aliphatic rings. The third-order valence-corrected chi connectivity index (χ3v) is 3.53. The Bertz CT molecular complexity index is 737. The molecule has 0 aliphatic carbocycles. The van der Waals surface area contributed by atoms with Crippen LogP contribution in [0.5, 0.6) is 5.75 Å². The highest BCUT2D eigenvalue weighted by Crippen LogP contribution is 2.15. The van der Waals surface area contributed by atoms with Gasteiger partial charge < -0.3 is 10.1 Å². The molecule has 0 aromatic heterocycles. The number of hydrogen-bond donors (Lipinski definition) is 2. The fourth-order valence-electron chi connectivity index (χ4n) is 2.02. The van der Waals surface area contributed by atoms with Crippen molar-refractivity contribution in [1.82, 2.24) is 5.32 Å². The molecule has 2 rings (SSSR count). The minimum atomic E-state index is -0.277. The molecule has 25 heavy (non-hydrogen) atoms. The van der Waals surface area contributed by atoms with Crippen LogP contribution in [-0.4, -0.2) is 17.6 Å². The van der Waals surface area contributed by atoms with Crippen LogP contribution in [-0.2, 0) is 4.79 Å². The fraction of sp³-hybridized carbons (Fsp3) is 0.200. The zero-order valence-corrected chi connectivity index (χ0v) is 15.2. The zero-order chi connectivity index (χ0) is 18.1. The van der Waals surface area contributed by atoms with Gasteiger partial charge in [-0.15, -0.1) is 0 Å². The Morgan fingerprint density at radius 1 is 1.12 bits per heavy atom. The van der Waals surface area contributed by atoms with Crippen LogP contribution in [0.2, 0.25) is 0 Å². The molecule has 0 spiro atoms. The smallest absolute Gasteiger partial charge is 0.250 e. The molecule has 2 aromatic carbocycles. The zero-order valence-electron chi connectivity index (χ0n) is 14.4. The summed E-state index contributed by atoms with van der Waals surface area (Å²) in [5.41, 5.74) is 2.93. The second-order valence-electron chi connectivity index (χ2n) is 5.56. The van der Waals surface area contributed by atoms with Gasteiger partial charge in [0.15, 0.2) is 5.11 Å². The molecular formula is C20H22N2O2S. The van der Waals surface area contributed by atoms with Crippen LogP contribution in [0, 0.1) is 6.92 Å². The van der Waals surface area contributed by atoms with Crippen molar-refractivity contribution in [2.75, 3.05) is 11.9 Å². The van der Waals surface area contributed by atoms with Gasteiger partial charge in [-0.2, -0.15) is 0 Å². The summed E-state index contributed by atoms with van der Waals surface area (Å²) in [5, 5.41) is 5.84. The number of nitrogens with one attached hydrogen (secondary N) is 2. The van der Waals surface area contributed by atoms with Crippen molar-refractivity contribution in [3.63, 3.8) is 0 Å². The lowest BCUT2D eigenvalue weighted by Crippen LogP contribution is -2.32. The van der Waals surface area contributed by atoms with Gasteiger partial charge in [-0.05, 0) is 61.5 Å². The van der Waals surface area contributed by atoms with Gasteiger partial charge >= 0.3 is 0 Å². The molecule has 2 aromatic rings. The van der Waals surface area contributed by atoms with Gasteiger partial charge in [0, 0.05) is 11.8 Å². The van der Waals surface area contributed by atoms with Gasteiger partial charge in [0.05, 0.1) is 6.61 Å². The van der Waals surface area contributed by atoms with E-state index in [4.69, 9.17) is 17.0 Å². The van der Waals surface area contributed by atoms with Gasteiger partial charge in [-0.1, -0.05) is 36.8 Å². The summed E-state index contributed by atoms with van der Waals surface area (Å²) < 4.78 is 5.52. The maximum atomic E-state index is 11.9. The first-order chi connectivity index (χ1) is 12.1. The molecule has 0 saturated heterocycles. The number of aryl methyl sites for hydroxylation is 1. The second kappa shape index (κ2) is 9.59. The van der Waals surface area contributed by atoms with Crippen LogP contribution in [0.3, 0.4) is 0 Å². The third kappa shape index (κ3) is 6.77. The number of rotatable bonds is 6. The molecule has 0 atom stereocenters. The molecule has 5 heteroatoms. The van der Waals surface area contributed by atoms with Crippen molar-refractivity contribution in [2.45, 2.75) is 20.3 Å². The first-order valence-corrected chi connectivity index (χ1v) is 8.57. The molecule has 0 radical (unpaired) electrons. The summed E-state index contributed by atoms with van der Waals surface area (Å²) in [6.07, 6.45) is 4.17. The van der Waals surface area contributed by atoms with E-state index in [1.807, 2.05) is 55.5 Å². The Morgan fingerprint density at radius 3 is 2.44 bits per heavy atom. The lowest BCUT2D eigenvalue weighted by Gasteiger charge is -2.09. The normalized spacial score (nSPS) is 10.5. The molecule has 0 bridgehead atoms. The van der Waals surface area contributed by atoms with Crippen molar-refractivity contribution in [2.24, 2.45) is 0 Å². The van der Waals surface area contributed by atoms with Crippen molar-refractivity contribution < 1.29 is 9.53 Å². The number of carbonyl (C=O) groups is 1. The highest BCUT2D eigenvalue weighted by molar-refractivity contribution is 7.80. The van der Waals surface area contributed by atoms with Gasteiger partial charge in [-0.3, -0.25) is 10.1 Å². The van der Waals surface area contributed by atoms with Crippen LogP contribution in [0.25, 0.3) is 6.08 Å². The molecular weight excluding hydrogens is 332 g/mol. The fourth-order valence-corrected chi connectivity index (χ4v) is 2.24. The average molecular weight is 354 g/mol. The summed E-state index contributed by atoms with van der Waals surface area (Å²) in [5.74, 6) is 0.532. The number of anilines is 1. The van der Waals surface area contributed by atoms with Gasteiger partial charge in [0.25, 0.3) is 0 Å². The number of hydrogen-bond acceptors (Lipinski definition) is 3. The van der Waals surface area contributed by atoms with E-state index in [2.05, 4.69) is 17.6 Å². The molecule has 0 aliphatic heterocycles. The Kier molecular flexibility index (Phi) is 7.16. The van der Waals surface area contributed by atoms with Crippen molar-refractivity contribution in [3.8, 4) is 5.75 Å². The first kappa shape index (κ1) is 18.7. The highest BCUT2D eigenvalue weighted by Gasteiger charge is 2.02. The van der Waals surface area contributed by atoms with E-state index in [0.29, 0.717) is 6.61 Å². The Hall–Kier alpha value is -2.66. The number of benzene rings is 2. The minimum Gasteiger partial charge on any atom is -0.494 e. The van der Waals surface area contributed by atoms with Crippen molar-refractivity contribution >= 4 is 35.0 Å². The highest BCUT2D eigenvalue weighted by atomic mass is 32.1. The Labute approximate surface area is 153 Å². The lowest BCUT2D eigenvalue weighted by atomic mass is 10.1. The van der Waals surface area contributed by atoms with Crippen LogP contribution >= 0.6 is 12.2 Å². The lowest BCUT2D eigenvalue weighted by molar-refractivity contribution is -0.115. The van der Waals surface area contributed by atoms with E-state index in [-0.39, 0.29) is 11.0 Å². The molecule has 0 saturated carbocycles. The summed E-state index contributed by atoms with van der Waals surface area (Å²) in [6, 6.07) is 15.3. The van der Waals surface area contributed by atoms with Crippen LogP contribution < -0.4 is 15.4 Å². The topological polar surface area (TPSA) is 50.4 Å².